The van der Waals surface area contributed by atoms with Gasteiger partial charge >= 0.3 is 0 Å². The minimum Gasteiger partial charge on any atom is -0.484 e. The average molecular weight is 405 g/mol. The van der Waals surface area contributed by atoms with Gasteiger partial charge in [0.05, 0.1) is 10.6 Å². The number of halogens is 1. The lowest BCUT2D eigenvalue weighted by molar-refractivity contribution is -0.120. The van der Waals surface area contributed by atoms with Gasteiger partial charge in [-0.3, -0.25) is 14.5 Å². The van der Waals surface area contributed by atoms with Crippen molar-refractivity contribution in [3.63, 3.8) is 0 Å². The first kappa shape index (κ1) is 18.4. The first-order valence-electron chi connectivity index (χ1n) is 7.49. The lowest BCUT2D eigenvalue weighted by atomic mass is 10.2. The fraction of sp³-hybridized carbons (Fsp3) is 0.0556. The van der Waals surface area contributed by atoms with Crippen LogP contribution >= 0.6 is 35.6 Å². The van der Waals surface area contributed by atoms with E-state index in [1.807, 2.05) is 0 Å². The number of carbonyl (C=O) groups is 2. The van der Waals surface area contributed by atoms with Gasteiger partial charge in [0, 0.05) is 5.02 Å². The summed E-state index contributed by atoms with van der Waals surface area (Å²) in [6.45, 7) is -0.183. The molecule has 5 nitrogen and oxygen atoms in total. The van der Waals surface area contributed by atoms with Crippen molar-refractivity contribution in [2.45, 2.75) is 0 Å². The van der Waals surface area contributed by atoms with E-state index in [-0.39, 0.29) is 12.5 Å². The Balaban J connectivity index is 1.78. The van der Waals surface area contributed by atoms with E-state index >= 15 is 0 Å². The minimum absolute atomic E-state index is 0.183. The van der Waals surface area contributed by atoms with Gasteiger partial charge < -0.3 is 10.5 Å². The molecular weight excluding hydrogens is 392 g/mol. The van der Waals surface area contributed by atoms with Crippen molar-refractivity contribution in [2.75, 3.05) is 11.5 Å². The quantitative estimate of drug-likeness (QED) is 0.608. The predicted octanol–water partition coefficient (Wildman–Crippen LogP) is 3.61. The number of ether oxygens (including phenoxy) is 1. The summed E-state index contributed by atoms with van der Waals surface area (Å²) in [7, 11) is 0. The van der Waals surface area contributed by atoms with Gasteiger partial charge in [-0.2, -0.15) is 0 Å². The molecule has 26 heavy (non-hydrogen) atoms. The molecule has 2 aromatic rings. The summed E-state index contributed by atoms with van der Waals surface area (Å²) in [4.78, 5) is 25.4. The number of anilines is 1. The number of hydrogen-bond acceptors (Lipinski definition) is 5. The molecule has 0 aliphatic carbocycles. The van der Waals surface area contributed by atoms with E-state index in [9.17, 15) is 9.59 Å². The SMILES string of the molecule is NC(=O)COc1ccc(/C=C2/SC(=S)N(c3cccc(Cl)c3)C2=O)cc1. The van der Waals surface area contributed by atoms with Gasteiger partial charge in [0.25, 0.3) is 11.8 Å². The number of carbonyl (C=O) groups excluding carboxylic acids is 2. The zero-order chi connectivity index (χ0) is 18.7. The lowest BCUT2D eigenvalue weighted by Crippen LogP contribution is -2.27. The minimum atomic E-state index is -0.543. The van der Waals surface area contributed by atoms with Gasteiger partial charge in [-0.05, 0) is 42.0 Å². The molecule has 8 heteroatoms. The van der Waals surface area contributed by atoms with Crippen LogP contribution in [0.15, 0.2) is 53.4 Å². The number of amides is 2. The summed E-state index contributed by atoms with van der Waals surface area (Å²) in [5.74, 6) is -0.220. The molecule has 0 spiro atoms. The molecule has 0 radical (unpaired) electrons. The Bertz CT molecular complexity index is 913. The van der Waals surface area contributed by atoms with Crippen LogP contribution in [0.5, 0.6) is 5.75 Å². The van der Waals surface area contributed by atoms with Crippen molar-refractivity contribution < 1.29 is 14.3 Å². The highest BCUT2D eigenvalue weighted by Crippen LogP contribution is 2.36. The number of rotatable bonds is 5. The molecule has 132 valence electrons. The van der Waals surface area contributed by atoms with Gasteiger partial charge in [0.1, 0.15) is 5.75 Å². The summed E-state index contributed by atoms with van der Waals surface area (Å²) in [5.41, 5.74) is 6.48. The Morgan fingerprint density at radius 3 is 2.65 bits per heavy atom. The van der Waals surface area contributed by atoms with Crippen LogP contribution in [-0.4, -0.2) is 22.7 Å². The van der Waals surface area contributed by atoms with Crippen LogP contribution in [0.4, 0.5) is 5.69 Å². The maximum Gasteiger partial charge on any atom is 0.270 e. The fourth-order valence-corrected chi connectivity index (χ4v) is 3.76. The van der Waals surface area contributed by atoms with Crippen LogP contribution in [0, 0.1) is 0 Å². The third-order valence-corrected chi connectivity index (χ3v) is 4.96. The molecule has 2 aromatic carbocycles. The van der Waals surface area contributed by atoms with Gasteiger partial charge in [-0.1, -0.05) is 53.8 Å². The molecule has 0 bridgehead atoms. The zero-order valence-corrected chi connectivity index (χ0v) is 15.7. The Labute approximate surface area is 164 Å². The zero-order valence-electron chi connectivity index (χ0n) is 13.3. The number of primary amides is 1. The molecule has 0 atom stereocenters. The number of thiocarbonyl (C=S) groups is 1. The molecular formula is C18H13ClN2O3S2. The number of nitrogens with two attached hydrogens (primary N) is 1. The van der Waals surface area contributed by atoms with Crippen LogP contribution in [0.3, 0.4) is 0 Å². The molecule has 0 aromatic heterocycles. The van der Waals surface area contributed by atoms with E-state index in [0.29, 0.717) is 25.7 Å². The van der Waals surface area contributed by atoms with Gasteiger partial charge in [-0.15, -0.1) is 0 Å². The second kappa shape index (κ2) is 7.90. The molecule has 1 saturated heterocycles. The maximum absolute atomic E-state index is 12.7. The first-order chi connectivity index (χ1) is 12.4. The number of thioether (sulfide) groups is 1. The van der Waals surface area contributed by atoms with Crippen LogP contribution < -0.4 is 15.4 Å². The third-order valence-electron chi connectivity index (χ3n) is 3.42. The van der Waals surface area contributed by atoms with Gasteiger partial charge in [0.2, 0.25) is 0 Å². The van der Waals surface area contributed by atoms with E-state index in [0.717, 1.165) is 5.56 Å². The molecule has 1 fully saturated rings. The van der Waals surface area contributed by atoms with Crippen molar-refractivity contribution in [3.05, 3.63) is 64.0 Å². The standard InChI is InChI=1S/C18H13ClN2O3S2/c19-12-2-1-3-13(9-12)21-17(23)15(26-18(21)25)8-11-4-6-14(7-5-11)24-10-16(20)22/h1-9H,10H2,(H2,20,22)/b15-8+. The highest BCUT2D eigenvalue weighted by Gasteiger charge is 2.33. The summed E-state index contributed by atoms with van der Waals surface area (Å²) < 4.78 is 5.66. The molecule has 0 unspecified atom stereocenters. The topological polar surface area (TPSA) is 72.6 Å². The predicted molar refractivity (Wildman–Crippen MR) is 108 cm³/mol. The van der Waals surface area contributed by atoms with Crippen LogP contribution in [0.2, 0.25) is 5.02 Å². The lowest BCUT2D eigenvalue weighted by Gasteiger charge is -2.14. The number of nitrogens with zero attached hydrogens (tertiary/aromatic N) is 1. The summed E-state index contributed by atoms with van der Waals surface area (Å²) >= 11 is 12.6. The molecule has 2 amide bonds. The second-order valence-electron chi connectivity index (χ2n) is 5.32. The van der Waals surface area contributed by atoms with Crippen molar-refractivity contribution in [3.8, 4) is 5.75 Å². The van der Waals surface area contributed by atoms with Crippen molar-refractivity contribution in [2.24, 2.45) is 5.73 Å². The molecule has 3 rings (SSSR count). The molecule has 2 N–H and O–H groups in total. The largest absolute Gasteiger partial charge is 0.484 e. The Morgan fingerprint density at radius 2 is 2.00 bits per heavy atom. The normalized spacial score (nSPS) is 15.6. The Kier molecular flexibility index (Phi) is 5.61. The monoisotopic (exact) mass is 404 g/mol. The second-order valence-corrected chi connectivity index (χ2v) is 7.43. The highest BCUT2D eigenvalue weighted by molar-refractivity contribution is 8.27. The number of benzene rings is 2. The average Bonchev–Trinajstić information content (AvgIpc) is 2.88. The fourth-order valence-electron chi connectivity index (χ4n) is 2.27. The Morgan fingerprint density at radius 1 is 1.27 bits per heavy atom. The van der Waals surface area contributed by atoms with E-state index in [2.05, 4.69) is 0 Å². The van der Waals surface area contributed by atoms with E-state index in [1.54, 1.807) is 54.6 Å². The van der Waals surface area contributed by atoms with Crippen LogP contribution in [0.1, 0.15) is 5.56 Å². The van der Waals surface area contributed by atoms with E-state index < -0.39 is 5.91 Å². The highest BCUT2D eigenvalue weighted by atomic mass is 35.5. The van der Waals surface area contributed by atoms with Crippen molar-refractivity contribution in [1.82, 2.24) is 0 Å². The molecule has 0 saturated carbocycles. The Hall–Kier alpha value is -2.35. The summed E-state index contributed by atoms with van der Waals surface area (Å²) in [5, 5.41) is 0.534. The molecule has 1 aliphatic rings. The first-order valence-corrected chi connectivity index (χ1v) is 9.09. The van der Waals surface area contributed by atoms with Crippen molar-refractivity contribution in [1.29, 1.82) is 0 Å². The maximum atomic E-state index is 12.7. The van der Waals surface area contributed by atoms with Crippen molar-refractivity contribution >= 4 is 63.5 Å². The van der Waals surface area contributed by atoms with Crippen LogP contribution in [0.25, 0.3) is 6.08 Å². The third kappa shape index (κ3) is 4.24. The summed E-state index contributed by atoms with van der Waals surface area (Å²) in [6, 6.07) is 13.9. The molecule has 1 aliphatic heterocycles. The number of hydrogen-bond donors (Lipinski definition) is 1. The molecule has 1 heterocycles. The van der Waals surface area contributed by atoms with Crippen LogP contribution in [-0.2, 0) is 9.59 Å². The van der Waals surface area contributed by atoms with Gasteiger partial charge in [-0.25, -0.2) is 0 Å². The summed E-state index contributed by atoms with van der Waals surface area (Å²) in [6.07, 6.45) is 1.75. The smallest absolute Gasteiger partial charge is 0.270 e. The van der Waals surface area contributed by atoms with E-state index in [4.69, 9.17) is 34.3 Å². The van der Waals surface area contributed by atoms with E-state index in [1.165, 1.54) is 16.7 Å². The van der Waals surface area contributed by atoms with Gasteiger partial charge in [0.15, 0.2) is 10.9 Å².